The van der Waals surface area contributed by atoms with E-state index in [-0.39, 0.29) is 19.4 Å². The fraction of sp³-hybridized carbons (Fsp3) is 0.542. The van der Waals surface area contributed by atoms with Crippen molar-refractivity contribution in [3.63, 3.8) is 0 Å². The fourth-order valence-corrected chi connectivity index (χ4v) is 4.44. The van der Waals surface area contributed by atoms with Crippen LogP contribution in [0.5, 0.6) is 5.75 Å². The van der Waals surface area contributed by atoms with Crippen LogP contribution in [0.1, 0.15) is 53.0 Å². The number of nitrogens with zero attached hydrogens (tertiary/aromatic N) is 2. The Morgan fingerprint density at radius 2 is 1.88 bits per heavy atom. The molecule has 1 saturated heterocycles. The van der Waals surface area contributed by atoms with E-state index in [9.17, 15) is 14.4 Å². The molecule has 2 aliphatic rings. The number of benzene rings is 1. The van der Waals surface area contributed by atoms with E-state index in [2.05, 4.69) is 0 Å². The topological polar surface area (TPSA) is 104 Å². The molecule has 186 valence electrons. The van der Waals surface area contributed by atoms with Crippen molar-refractivity contribution in [3.8, 4) is 5.75 Å². The molecule has 2 heterocycles. The number of carbonyl (C=O) groups is 3. The van der Waals surface area contributed by atoms with Crippen LogP contribution in [-0.2, 0) is 29.3 Å². The zero-order valence-electron chi connectivity index (χ0n) is 20.7. The van der Waals surface area contributed by atoms with Gasteiger partial charge in [0.05, 0.1) is 31.9 Å². The Hall–Kier alpha value is -3.43. The Morgan fingerprint density at radius 3 is 2.47 bits per heavy atom. The minimum absolute atomic E-state index is 0.161. The van der Waals surface area contributed by atoms with Gasteiger partial charge in [-0.25, -0.2) is 14.4 Å². The van der Waals surface area contributed by atoms with E-state index >= 15 is 0 Å². The van der Waals surface area contributed by atoms with Gasteiger partial charge in [0, 0.05) is 18.5 Å². The summed E-state index contributed by atoms with van der Waals surface area (Å²) in [5.74, 6) is 0.140. The molecule has 0 aromatic heterocycles. The van der Waals surface area contributed by atoms with E-state index in [4.69, 9.17) is 23.7 Å². The lowest BCUT2D eigenvalue weighted by molar-refractivity contribution is -0.138. The third-order valence-corrected chi connectivity index (χ3v) is 5.74. The van der Waals surface area contributed by atoms with Gasteiger partial charge in [-0.3, -0.25) is 5.01 Å². The molecule has 0 saturated carbocycles. The number of fused-ring (bicyclic) bond motifs is 1. The van der Waals surface area contributed by atoms with Crippen molar-refractivity contribution >= 4 is 18.2 Å². The van der Waals surface area contributed by atoms with Crippen molar-refractivity contribution in [2.75, 3.05) is 20.8 Å². The zero-order valence-corrected chi connectivity index (χ0v) is 20.7. The van der Waals surface area contributed by atoms with Crippen molar-refractivity contribution < 1.29 is 38.1 Å². The van der Waals surface area contributed by atoms with E-state index in [0.717, 1.165) is 5.56 Å². The Bertz CT molecular complexity index is 999. The largest absolute Gasteiger partial charge is 0.510 e. The van der Waals surface area contributed by atoms with Crippen LogP contribution in [0.4, 0.5) is 9.59 Å². The summed E-state index contributed by atoms with van der Waals surface area (Å²) in [7, 11) is 2.79. The van der Waals surface area contributed by atoms with E-state index in [1.165, 1.54) is 12.1 Å². The van der Waals surface area contributed by atoms with Gasteiger partial charge in [-0.1, -0.05) is 12.1 Å². The van der Waals surface area contributed by atoms with Crippen LogP contribution in [0.25, 0.3) is 0 Å². The number of allylic oxidation sites excluding steroid dienone is 1. The molecule has 0 aliphatic carbocycles. The standard InChI is InChI=1S/C24H32N2O8/c1-8-32-20(27)18-13-24(16-10-9-11-17(12-16)30-6)14-19(33-22(29)34-23(3,4)5)25(21(28)31-7)26(24)15(18)2/h9-12,19H,8,13-14H2,1-7H3/t19-,24+/m1/s1. The highest BCUT2D eigenvalue weighted by Gasteiger charge is 2.60. The van der Waals surface area contributed by atoms with Crippen LogP contribution in [0.2, 0.25) is 0 Å². The summed E-state index contributed by atoms with van der Waals surface area (Å²) in [4.78, 5) is 38.2. The second-order valence-electron chi connectivity index (χ2n) is 9.09. The highest BCUT2D eigenvalue weighted by Crippen LogP contribution is 2.54. The van der Waals surface area contributed by atoms with Crippen LogP contribution in [0.15, 0.2) is 35.5 Å². The van der Waals surface area contributed by atoms with Crippen molar-refractivity contribution in [1.29, 1.82) is 0 Å². The van der Waals surface area contributed by atoms with Crippen molar-refractivity contribution in [1.82, 2.24) is 10.0 Å². The smallest absolute Gasteiger partial charge is 0.497 e. The SMILES string of the molecule is CCOC(=O)C1=C(C)N2N(C(=O)OC)[C@H](OC(=O)OC(C)(C)C)C[C@]2(c2cccc(OC)c2)C1. The average molecular weight is 477 g/mol. The maximum atomic E-state index is 12.9. The van der Waals surface area contributed by atoms with Crippen LogP contribution < -0.4 is 4.74 Å². The van der Waals surface area contributed by atoms with Gasteiger partial charge in [0.2, 0.25) is 6.23 Å². The molecule has 0 bridgehead atoms. The summed E-state index contributed by atoms with van der Waals surface area (Å²) in [5.41, 5.74) is -0.00749. The lowest BCUT2D eigenvalue weighted by atomic mass is 9.83. The van der Waals surface area contributed by atoms with Crippen LogP contribution in [0.3, 0.4) is 0 Å². The van der Waals surface area contributed by atoms with Gasteiger partial charge >= 0.3 is 18.2 Å². The third kappa shape index (κ3) is 4.62. The normalized spacial score (nSPS) is 21.8. The van der Waals surface area contributed by atoms with E-state index in [1.807, 2.05) is 18.2 Å². The molecule has 1 aromatic rings. The summed E-state index contributed by atoms with van der Waals surface area (Å²) in [6.45, 7) is 8.82. The first-order chi connectivity index (χ1) is 16.0. The number of amides is 1. The minimum atomic E-state index is -1.04. The summed E-state index contributed by atoms with van der Waals surface area (Å²) in [6, 6.07) is 7.33. The van der Waals surface area contributed by atoms with Crippen molar-refractivity contribution in [3.05, 3.63) is 41.1 Å². The zero-order chi connectivity index (χ0) is 25.3. The number of hydrogen-bond acceptors (Lipinski definition) is 9. The fourth-order valence-electron chi connectivity index (χ4n) is 4.44. The van der Waals surface area contributed by atoms with Gasteiger partial charge in [-0.2, -0.15) is 5.01 Å². The maximum absolute atomic E-state index is 12.9. The van der Waals surface area contributed by atoms with Gasteiger partial charge in [0.25, 0.3) is 0 Å². The molecular weight excluding hydrogens is 444 g/mol. The average Bonchev–Trinajstić information content (AvgIpc) is 3.24. The van der Waals surface area contributed by atoms with Gasteiger partial charge in [0.15, 0.2) is 0 Å². The molecule has 3 rings (SSSR count). The second kappa shape index (κ2) is 9.44. The Labute approximate surface area is 199 Å². The van der Waals surface area contributed by atoms with Crippen LogP contribution in [0, 0.1) is 0 Å². The molecule has 10 heteroatoms. The summed E-state index contributed by atoms with van der Waals surface area (Å²) in [6.07, 6.45) is -2.31. The van der Waals surface area contributed by atoms with Crippen LogP contribution in [-0.4, -0.2) is 60.9 Å². The molecule has 0 unspecified atom stereocenters. The molecule has 2 atom stereocenters. The summed E-state index contributed by atoms with van der Waals surface area (Å²) >= 11 is 0. The number of rotatable bonds is 5. The molecule has 0 radical (unpaired) electrons. The van der Waals surface area contributed by atoms with E-state index in [0.29, 0.717) is 17.0 Å². The molecule has 2 aliphatic heterocycles. The molecule has 1 fully saturated rings. The van der Waals surface area contributed by atoms with E-state index in [1.54, 1.807) is 52.8 Å². The minimum Gasteiger partial charge on any atom is -0.497 e. The molecule has 34 heavy (non-hydrogen) atoms. The highest BCUT2D eigenvalue weighted by molar-refractivity contribution is 5.90. The first-order valence-corrected chi connectivity index (χ1v) is 11.1. The number of ether oxygens (including phenoxy) is 5. The third-order valence-electron chi connectivity index (χ3n) is 5.74. The van der Waals surface area contributed by atoms with Gasteiger partial charge in [-0.05, 0) is 52.3 Å². The quantitative estimate of drug-likeness (QED) is 0.459. The Balaban J connectivity index is 2.11. The number of esters is 1. The van der Waals surface area contributed by atoms with Crippen molar-refractivity contribution in [2.24, 2.45) is 0 Å². The molecule has 0 spiro atoms. The Morgan fingerprint density at radius 1 is 1.18 bits per heavy atom. The molecule has 10 nitrogen and oxygen atoms in total. The molecular formula is C24H32N2O8. The maximum Gasteiger partial charge on any atom is 0.510 e. The monoisotopic (exact) mass is 476 g/mol. The van der Waals surface area contributed by atoms with E-state index < -0.39 is 35.6 Å². The Kier molecular flexibility index (Phi) is 6.99. The number of hydrogen-bond donors (Lipinski definition) is 0. The van der Waals surface area contributed by atoms with Crippen molar-refractivity contribution in [2.45, 2.75) is 64.8 Å². The molecule has 0 N–H and O–H groups in total. The van der Waals surface area contributed by atoms with Gasteiger partial charge in [-0.15, -0.1) is 0 Å². The predicted octanol–water partition coefficient (Wildman–Crippen LogP) is 4.10. The summed E-state index contributed by atoms with van der Waals surface area (Å²) < 4.78 is 26.6. The summed E-state index contributed by atoms with van der Waals surface area (Å²) in [5, 5.41) is 2.87. The van der Waals surface area contributed by atoms with Gasteiger partial charge in [0.1, 0.15) is 11.4 Å². The predicted molar refractivity (Wildman–Crippen MR) is 120 cm³/mol. The second-order valence-corrected chi connectivity index (χ2v) is 9.09. The first-order valence-electron chi connectivity index (χ1n) is 11.1. The molecule has 1 aromatic carbocycles. The number of carbonyl (C=O) groups excluding carboxylic acids is 3. The molecule has 1 amide bonds. The van der Waals surface area contributed by atoms with Crippen LogP contribution >= 0.6 is 0 Å². The number of methoxy groups -OCH3 is 2. The lowest BCUT2D eigenvalue weighted by Gasteiger charge is -2.38. The van der Waals surface area contributed by atoms with Gasteiger partial charge < -0.3 is 23.7 Å². The first kappa shape index (κ1) is 25.2. The lowest BCUT2D eigenvalue weighted by Crippen LogP contribution is -2.49. The number of hydrazine groups is 1. The highest BCUT2D eigenvalue weighted by atomic mass is 16.7.